The number of nitro benzene ring substituents is 1. The minimum absolute atomic E-state index is 0.134. The van der Waals surface area contributed by atoms with Gasteiger partial charge in [-0.2, -0.15) is 5.10 Å². The highest BCUT2D eigenvalue weighted by Gasteiger charge is 2.29. The summed E-state index contributed by atoms with van der Waals surface area (Å²) in [5, 5.41) is 16.5. The Kier molecular flexibility index (Phi) is 6.43. The maximum Gasteiger partial charge on any atom is 0.345 e. The van der Waals surface area contributed by atoms with Gasteiger partial charge in [-0.25, -0.2) is 9.48 Å². The quantitative estimate of drug-likeness (QED) is 0.257. The number of aromatic nitrogens is 2. The number of hydrogen-bond acceptors (Lipinski definition) is 6. The summed E-state index contributed by atoms with van der Waals surface area (Å²) in [5.74, 6) is -0.384. The van der Waals surface area contributed by atoms with Crippen molar-refractivity contribution in [1.82, 2.24) is 9.78 Å². The Balaban J connectivity index is 2.05. The largest absolute Gasteiger partial charge is 0.403 e. The van der Waals surface area contributed by atoms with E-state index in [2.05, 4.69) is 5.10 Å². The highest BCUT2D eigenvalue weighted by atomic mass is 35.5. The number of carbonyl (C=O) groups is 1. The molecule has 0 aliphatic heterocycles. The molecule has 0 amide bonds. The second-order valence-electron chi connectivity index (χ2n) is 7.95. The standard InChI is InChI=1S/C22H22ClN3O4S/c1-13-17(7-6-8-18(13)26(28)29)21(27)30-20-19(14(2)24-25(20)22(3,4)5)31-16-11-9-15(23)10-12-16/h6-12H,1-5H3. The van der Waals surface area contributed by atoms with Crippen LogP contribution in [0.15, 0.2) is 52.3 Å². The molecule has 162 valence electrons. The number of hydrogen-bond donors (Lipinski definition) is 0. The van der Waals surface area contributed by atoms with Gasteiger partial charge < -0.3 is 4.74 Å². The SMILES string of the molecule is Cc1nn(C(C)(C)C)c(OC(=O)c2cccc([N+](=O)[O-])c2C)c1Sc1ccc(Cl)cc1. The van der Waals surface area contributed by atoms with E-state index in [9.17, 15) is 14.9 Å². The van der Waals surface area contributed by atoms with E-state index < -0.39 is 16.4 Å². The molecule has 0 saturated heterocycles. The molecule has 3 rings (SSSR count). The molecule has 1 heterocycles. The van der Waals surface area contributed by atoms with Gasteiger partial charge in [0.05, 0.1) is 26.6 Å². The molecule has 7 nitrogen and oxygen atoms in total. The predicted molar refractivity (Wildman–Crippen MR) is 120 cm³/mol. The van der Waals surface area contributed by atoms with Gasteiger partial charge in [0.25, 0.3) is 5.69 Å². The summed E-state index contributed by atoms with van der Waals surface area (Å²) in [7, 11) is 0. The Morgan fingerprint density at radius 2 is 1.81 bits per heavy atom. The zero-order valence-electron chi connectivity index (χ0n) is 17.8. The number of nitrogens with zero attached hydrogens (tertiary/aromatic N) is 3. The van der Waals surface area contributed by atoms with E-state index in [0.29, 0.717) is 21.5 Å². The second-order valence-corrected chi connectivity index (χ2v) is 9.47. The fourth-order valence-corrected chi connectivity index (χ4v) is 4.00. The highest BCUT2D eigenvalue weighted by Crippen LogP contribution is 2.40. The minimum atomic E-state index is -0.676. The van der Waals surface area contributed by atoms with Gasteiger partial charge in [-0.05, 0) is 65.0 Å². The molecule has 0 unspecified atom stereocenters. The van der Waals surface area contributed by atoms with Crippen molar-refractivity contribution >= 4 is 35.0 Å². The van der Waals surface area contributed by atoms with E-state index in [0.717, 1.165) is 4.90 Å². The molecule has 0 atom stereocenters. The summed E-state index contributed by atoms with van der Waals surface area (Å²) >= 11 is 7.39. The smallest absolute Gasteiger partial charge is 0.345 e. The van der Waals surface area contributed by atoms with Crippen molar-refractivity contribution in [2.24, 2.45) is 0 Å². The van der Waals surface area contributed by atoms with Crippen molar-refractivity contribution in [2.75, 3.05) is 0 Å². The van der Waals surface area contributed by atoms with Crippen molar-refractivity contribution in [2.45, 2.75) is 49.9 Å². The third kappa shape index (κ3) is 4.91. The number of ether oxygens (including phenoxy) is 1. The number of halogens is 1. The molecule has 31 heavy (non-hydrogen) atoms. The van der Waals surface area contributed by atoms with E-state index in [1.165, 1.54) is 36.9 Å². The first-order chi connectivity index (χ1) is 14.5. The van der Waals surface area contributed by atoms with E-state index >= 15 is 0 Å². The molecule has 0 spiro atoms. The maximum atomic E-state index is 13.0. The molecule has 0 aliphatic carbocycles. The predicted octanol–water partition coefficient (Wildman–Crippen LogP) is 6.19. The lowest BCUT2D eigenvalue weighted by atomic mass is 10.1. The fraction of sp³-hybridized carbons (Fsp3) is 0.273. The van der Waals surface area contributed by atoms with Crippen LogP contribution in [0.1, 0.15) is 42.4 Å². The molecule has 0 fully saturated rings. The van der Waals surface area contributed by atoms with Gasteiger partial charge in [0.1, 0.15) is 0 Å². The van der Waals surface area contributed by atoms with Crippen LogP contribution < -0.4 is 4.74 Å². The van der Waals surface area contributed by atoms with Crippen LogP contribution >= 0.6 is 23.4 Å². The Labute approximate surface area is 189 Å². The van der Waals surface area contributed by atoms with E-state index in [4.69, 9.17) is 16.3 Å². The lowest BCUT2D eigenvalue weighted by Gasteiger charge is -2.22. The number of carbonyl (C=O) groups excluding carboxylic acids is 1. The summed E-state index contributed by atoms with van der Waals surface area (Å²) in [6.45, 7) is 9.23. The number of nitro groups is 1. The molecular weight excluding hydrogens is 438 g/mol. The van der Waals surface area contributed by atoms with Crippen molar-refractivity contribution in [3.05, 3.63) is 74.4 Å². The first kappa shape index (κ1) is 22.8. The van der Waals surface area contributed by atoms with E-state index in [-0.39, 0.29) is 16.8 Å². The van der Waals surface area contributed by atoms with Gasteiger partial charge in [-0.3, -0.25) is 10.1 Å². The van der Waals surface area contributed by atoms with Gasteiger partial charge in [0, 0.05) is 21.5 Å². The lowest BCUT2D eigenvalue weighted by molar-refractivity contribution is -0.385. The molecule has 0 N–H and O–H groups in total. The number of aryl methyl sites for hydroxylation is 1. The van der Waals surface area contributed by atoms with Crippen molar-refractivity contribution in [3.63, 3.8) is 0 Å². The van der Waals surface area contributed by atoms with E-state index in [1.807, 2.05) is 39.8 Å². The molecular formula is C22H22ClN3O4S. The Morgan fingerprint density at radius 1 is 1.16 bits per heavy atom. The monoisotopic (exact) mass is 459 g/mol. The summed E-state index contributed by atoms with van der Waals surface area (Å²) in [4.78, 5) is 25.4. The van der Waals surface area contributed by atoms with Gasteiger partial charge >= 0.3 is 5.97 Å². The fourth-order valence-electron chi connectivity index (χ4n) is 2.96. The first-order valence-electron chi connectivity index (χ1n) is 9.48. The van der Waals surface area contributed by atoms with Gasteiger partial charge in [-0.15, -0.1) is 0 Å². The van der Waals surface area contributed by atoms with Crippen LogP contribution in [0.4, 0.5) is 5.69 Å². The molecule has 0 radical (unpaired) electrons. The average molecular weight is 460 g/mol. The van der Waals surface area contributed by atoms with Crippen molar-refractivity contribution in [3.8, 4) is 5.88 Å². The minimum Gasteiger partial charge on any atom is -0.403 e. The molecule has 2 aromatic carbocycles. The van der Waals surface area contributed by atoms with Gasteiger partial charge in [0.2, 0.25) is 5.88 Å². The average Bonchev–Trinajstić information content (AvgIpc) is 2.99. The maximum absolute atomic E-state index is 13.0. The topological polar surface area (TPSA) is 87.3 Å². The lowest BCUT2D eigenvalue weighted by Crippen LogP contribution is -2.25. The zero-order valence-corrected chi connectivity index (χ0v) is 19.4. The zero-order chi connectivity index (χ0) is 22.9. The molecule has 1 aromatic heterocycles. The van der Waals surface area contributed by atoms with Gasteiger partial charge in [0.15, 0.2) is 0 Å². The third-order valence-corrected chi connectivity index (χ3v) is 5.98. The van der Waals surface area contributed by atoms with Crippen LogP contribution in [0.25, 0.3) is 0 Å². The molecule has 0 aliphatic rings. The summed E-state index contributed by atoms with van der Waals surface area (Å²) in [6, 6.07) is 11.7. The van der Waals surface area contributed by atoms with Crippen LogP contribution in [0.5, 0.6) is 5.88 Å². The van der Waals surface area contributed by atoms with Crippen molar-refractivity contribution in [1.29, 1.82) is 0 Å². The Morgan fingerprint density at radius 3 is 2.39 bits per heavy atom. The summed E-state index contributed by atoms with van der Waals surface area (Å²) < 4.78 is 7.47. The summed E-state index contributed by atoms with van der Waals surface area (Å²) in [5.41, 5.74) is 0.495. The molecule has 0 saturated carbocycles. The Bertz CT molecular complexity index is 1150. The summed E-state index contributed by atoms with van der Waals surface area (Å²) in [6.07, 6.45) is 0. The highest BCUT2D eigenvalue weighted by molar-refractivity contribution is 7.99. The molecule has 3 aromatic rings. The van der Waals surface area contributed by atoms with E-state index in [1.54, 1.807) is 16.8 Å². The van der Waals surface area contributed by atoms with Crippen LogP contribution in [0.3, 0.4) is 0 Å². The molecule has 9 heteroatoms. The molecule has 0 bridgehead atoms. The van der Waals surface area contributed by atoms with Crippen LogP contribution in [0.2, 0.25) is 5.02 Å². The van der Waals surface area contributed by atoms with Crippen LogP contribution in [0, 0.1) is 24.0 Å². The normalized spacial score (nSPS) is 11.4. The number of rotatable bonds is 5. The third-order valence-electron chi connectivity index (χ3n) is 4.55. The number of benzene rings is 2. The van der Waals surface area contributed by atoms with Crippen molar-refractivity contribution < 1.29 is 14.5 Å². The second kappa shape index (κ2) is 8.72. The van der Waals surface area contributed by atoms with Crippen LogP contribution in [-0.4, -0.2) is 20.7 Å². The number of esters is 1. The van der Waals surface area contributed by atoms with Gasteiger partial charge in [-0.1, -0.05) is 29.4 Å². The Hall–Kier alpha value is -2.84. The first-order valence-corrected chi connectivity index (χ1v) is 10.7. The van der Waals surface area contributed by atoms with Crippen LogP contribution in [-0.2, 0) is 5.54 Å².